The van der Waals surface area contributed by atoms with Gasteiger partial charge in [0.2, 0.25) is 5.91 Å². The Bertz CT molecular complexity index is 219. The van der Waals surface area contributed by atoms with Crippen molar-refractivity contribution in [2.24, 2.45) is 0 Å². The first-order valence-electron chi connectivity index (χ1n) is 5.77. The van der Waals surface area contributed by atoms with E-state index in [0.717, 1.165) is 0 Å². The molecule has 0 saturated heterocycles. The number of amides is 1. The molecule has 0 aliphatic heterocycles. The second-order valence-corrected chi connectivity index (χ2v) is 5.43. The van der Waals surface area contributed by atoms with E-state index in [2.05, 4.69) is 5.48 Å². The molecule has 1 amide bonds. The van der Waals surface area contributed by atoms with Crippen LogP contribution in [0.4, 0.5) is 0 Å². The van der Waals surface area contributed by atoms with E-state index in [1.807, 2.05) is 41.5 Å². The van der Waals surface area contributed by atoms with Crippen LogP contribution in [0.3, 0.4) is 0 Å². The van der Waals surface area contributed by atoms with Gasteiger partial charge in [0.15, 0.2) is 0 Å². The fourth-order valence-electron chi connectivity index (χ4n) is 1.14. The van der Waals surface area contributed by atoms with Crippen molar-refractivity contribution in [2.75, 3.05) is 6.61 Å². The van der Waals surface area contributed by atoms with E-state index in [1.54, 1.807) is 0 Å². The zero-order valence-corrected chi connectivity index (χ0v) is 11.3. The predicted octanol–water partition coefficient (Wildman–Crippen LogP) is 2.43. The molecule has 0 fully saturated rings. The molecule has 0 aromatic rings. The number of hydroxylamine groups is 1. The lowest BCUT2D eigenvalue weighted by Crippen LogP contribution is -2.35. The molecule has 0 unspecified atom stereocenters. The van der Waals surface area contributed by atoms with Gasteiger partial charge in [-0.2, -0.15) is 0 Å². The molecule has 0 radical (unpaired) electrons. The Balaban J connectivity index is 3.81. The summed E-state index contributed by atoms with van der Waals surface area (Å²) in [5, 5.41) is 0. The summed E-state index contributed by atoms with van der Waals surface area (Å²) in [6.07, 6.45) is 1.09. The lowest BCUT2D eigenvalue weighted by molar-refractivity contribution is -0.147. The van der Waals surface area contributed by atoms with Crippen molar-refractivity contribution in [3.8, 4) is 0 Å². The van der Waals surface area contributed by atoms with E-state index in [9.17, 15) is 4.79 Å². The lowest BCUT2D eigenvalue weighted by atomic mass is 10.0. The molecule has 0 atom stereocenters. The summed E-state index contributed by atoms with van der Waals surface area (Å²) in [6, 6.07) is 0. The fraction of sp³-hybridized carbons (Fsp3) is 0.917. The maximum atomic E-state index is 11.4. The van der Waals surface area contributed by atoms with Crippen LogP contribution in [0.5, 0.6) is 0 Å². The molecule has 0 spiro atoms. The van der Waals surface area contributed by atoms with Gasteiger partial charge in [0, 0.05) is 13.0 Å². The molecule has 0 saturated carbocycles. The van der Waals surface area contributed by atoms with E-state index < -0.39 is 0 Å². The van der Waals surface area contributed by atoms with Crippen LogP contribution in [0.1, 0.15) is 54.4 Å². The van der Waals surface area contributed by atoms with Crippen molar-refractivity contribution >= 4 is 5.91 Å². The number of ether oxygens (including phenoxy) is 1. The highest BCUT2D eigenvalue weighted by Crippen LogP contribution is 2.16. The summed E-state index contributed by atoms with van der Waals surface area (Å²) in [7, 11) is 0. The Labute approximate surface area is 98.6 Å². The lowest BCUT2D eigenvalue weighted by Gasteiger charge is -2.24. The minimum absolute atomic E-state index is 0.109. The summed E-state index contributed by atoms with van der Waals surface area (Å²) < 4.78 is 5.50. The summed E-state index contributed by atoms with van der Waals surface area (Å²) >= 11 is 0. The summed E-state index contributed by atoms with van der Waals surface area (Å²) in [5.74, 6) is -0.109. The minimum Gasteiger partial charge on any atom is -0.376 e. The molecule has 0 aliphatic rings. The first kappa shape index (κ1) is 15.4. The van der Waals surface area contributed by atoms with Gasteiger partial charge in [0.25, 0.3) is 0 Å². The molecule has 16 heavy (non-hydrogen) atoms. The minimum atomic E-state index is -0.356. The molecule has 0 heterocycles. The summed E-state index contributed by atoms with van der Waals surface area (Å²) in [4.78, 5) is 16.6. The molecule has 96 valence electrons. The maximum absolute atomic E-state index is 11.4. The van der Waals surface area contributed by atoms with Crippen molar-refractivity contribution in [1.82, 2.24) is 5.48 Å². The van der Waals surface area contributed by atoms with Gasteiger partial charge < -0.3 is 4.74 Å². The second-order valence-electron chi connectivity index (χ2n) is 5.43. The monoisotopic (exact) mass is 231 g/mol. The zero-order valence-electron chi connectivity index (χ0n) is 11.3. The van der Waals surface area contributed by atoms with Gasteiger partial charge in [-0.15, -0.1) is 0 Å². The topological polar surface area (TPSA) is 47.6 Å². The molecule has 0 aromatic carbocycles. The normalized spacial score (nSPS) is 12.6. The van der Waals surface area contributed by atoms with Crippen LogP contribution in [0.25, 0.3) is 0 Å². The molecular weight excluding hydrogens is 206 g/mol. The van der Waals surface area contributed by atoms with Crippen molar-refractivity contribution < 1.29 is 14.4 Å². The van der Waals surface area contributed by atoms with Crippen molar-refractivity contribution in [1.29, 1.82) is 0 Å². The number of hydrogen-bond donors (Lipinski definition) is 1. The average molecular weight is 231 g/mol. The third kappa shape index (κ3) is 8.68. The van der Waals surface area contributed by atoms with Crippen LogP contribution in [0, 0.1) is 0 Å². The molecule has 0 rings (SSSR count). The van der Waals surface area contributed by atoms with E-state index in [4.69, 9.17) is 9.57 Å². The van der Waals surface area contributed by atoms with Gasteiger partial charge in [-0.25, -0.2) is 5.48 Å². The number of hydrogen-bond acceptors (Lipinski definition) is 3. The largest absolute Gasteiger partial charge is 0.376 e. The fourth-order valence-corrected chi connectivity index (χ4v) is 1.14. The van der Waals surface area contributed by atoms with E-state index >= 15 is 0 Å². The van der Waals surface area contributed by atoms with Crippen LogP contribution in [0.2, 0.25) is 0 Å². The number of rotatable bonds is 6. The first-order chi connectivity index (χ1) is 7.16. The van der Waals surface area contributed by atoms with Gasteiger partial charge in [-0.05, 0) is 48.0 Å². The van der Waals surface area contributed by atoms with Crippen molar-refractivity contribution in [2.45, 2.75) is 65.6 Å². The van der Waals surface area contributed by atoms with Gasteiger partial charge in [0.1, 0.15) is 0 Å². The first-order valence-corrected chi connectivity index (χ1v) is 5.77. The number of nitrogens with one attached hydrogen (secondary N) is 1. The van der Waals surface area contributed by atoms with E-state index in [1.165, 1.54) is 0 Å². The Hall–Kier alpha value is -0.610. The van der Waals surface area contributed by atoms with Crippen LogP contribution in [0.15, 0.2) is 0 Å². The molecule has 0 aliphatic carbocycles. The van der Waals surface area contributed by atoms with Crippen LogP contribution in [-0.2, 0) is 14.4 Å². The molecular formula is C12H25NO3. The molecule has 0 bridgehead atoms. The third-order valence-corrected chi connectivity index (χ3v) is 1.96. The highest BCUT2D eigenvalue weighted by molar-refractivity contribution is 5.74. The Morgan fingerprint density at radius 3 is 2.19 bits per heavy atom. The average Bonchev–Trinajstić information content (AvgIpc) is 2.10. The van der Waals surface area contributed by atoms with E-state index in [-0.39, 0.29) is 17.1 Å². The molecule has 4 heteroatoms. The van der Waals surface area contributed by atoms with Gasteiger partial charge in [0.05, 0.1) is 11.2 Å². The summed E-state index contributed by atoms with van der Waals surface area (Å²) in [5.41, 5.74) is 1.83. The number of carbonyl (C=O) groups is 1. The zero-order chi connectivity index (χ0) is 12.8. The van der Waals surface area contributed by atoms with Gasteiger partial charge in [-0.3, -0.25) is 9.63 Å². The van der Waals surface area contributed by atoms with E-state index in [0.29, 0.717) is 19.4 Å². The molecule has 4 nitrogen and oxygen atoms in total. The van der Waals surface area contributed by atoms with Crippen LogP contribution in [-0.4, -0.2) is 23.7 Å². The van der Waals surface area contributed by atoms with Crippen LogP contribution < -0.4 is 5.48 Å². The highest BCUT2D eigenvalue weighted by atomic mass is 16.7. The summed E-state index contributed by atoms with van der Waals surface area (Å²) in [6.45, 7) is 12.2. The van der Waals surface area contributed by atoms with Crippen LogP contribution >= 0.6 is 0 Å². The van der Waals surface area contributed by atoms with Gasteiger partial charge >= 0.3 is 0 Å². The predicted molar refractivity (Wildman–Crippen MR) is 63.9 cm³/mol. The molecule has 1 N–H and O–H groups in total. The van der Waals surface area contributed by atoms with Crippen molar-refractivity contribution in [3.63, 3.8) is 0 Å². The highest BCUT2D eigenvalue weighted by Gasteiger charge is 2.20. The second kappa shape index (κ2) is 6.21. The number of carbonyl (C=O) groups excluding carboxylic acids is 1. The SMILES string of the molecule is CCOC(C)(C)CCC(=O)NOC(C)(C)C. The van der Waals surface area contributed by atoms with Gasteiger partial charge in [-0.1, -0.05) is 0 Å². The standard InChI is InChI=1S/C12H25NO3/c1-7-15-12(5,6)9-8-10(14)13-16-11(2,3)4/h7-9H2,1-6H3,(H,13,14). The Morgan fingerprint density at radius 1 is 1.19 bits per heavy atom. The maximum Gasteiger partial charge on any atom is 0.243 e. The van der Waals surface area contributed by atoms with Crippen molar-refractivity contribution in [3.05, 3.63) is 0 Å². The molecule has 0 aromatic heterocycles. The Morgan fingerprint density at radius 2 is 1.75 bits per heavy atom. The third-order valence-electron chi connectivity index (χ3n) is 1.96. The smallest absolute Gasteiger partial charge is 0.243 e. The quantitative estimate of drug-likeness (QED) is 0.714. The Kier molecular flexibility index (Phi) is 5.97.